The van der Waals surface area contributed by atoms with E-state index >= 15 is 0 Å². The zero-order valence-electron chi connectivity index (χ0n) is 18.0. The molecule has 2 aromatic rings. The van der Waals surface area contributed by atoms with E-state index in [2.05, 4.69) is 16.0 Å². The lowest BCUT2D eigenvalue weighted by Gasteiger charge is -2.24. The van der Waals surface area contributed by atoms with Gasteiger partial charge in [0.2, 0.25) is 5.91 Å². The van der Waals surface area contributed by atoms with Crippen LogP contribution in [0.3, 0.4) is 0 Å². The van der Waals surface area contributed by atoms with Crippen LogP contribution in [0.5, 0.6) is 5.75 Å². The Bertz CT molecular complexity index is 1160. The van der Waals surface area contributed by atoms with Crippen LogP contribution in [0, 0.1) is 0 Å². The quantitative estimate of drug-likeness (QED) is 0.590. The molecule has 10 nitrogen and oxygen atoms in total. The molecule has 0 unspecified atom stereocenters. The number of aryl methyl sites for hydroxylation is 1. The van der Waals surface area contributed by atoms with Crippen molar-refractivity contribution in [1.29, 1.82) is 0 Å². The van der Waals surface area contributed by atoms with Gasteiger partial charge in [-0.25, -0.2) is 9.59 Å². The van der Waals surface area contributed by atoms with Crippen LogP contribution >= 0.6 is 11.3 Å². The lowest BCUT2D eigenvalue weighted by atomic mass is 9.91. The van der Waals surface area contributed by atoms with Gasteiger partial charge in [0.15, 0.2) is 0 Å². The fourth-order valence-corrected chi connectivity index (χ4v) is 5.44. The van der Waals surface area contributed by atoms with Gasteiger partial charge in [-0.3, -0.25) is 14.5 Å². The minimum Gasteiger partial charge on any atom is -0.491 e. The summed E-state index contributed by atoms with van der Waals surface area (Å²) in [6.07, 6.45) is 0.966. The van der Waals surface area contributed by atoms with E-state index in [0.717, 1.165) is 21.1 Å². The monoisotopic (exact) mass is 469 g/mol. The van der Waals surface area contributed by atoms with Crippen molar-refractivity contribution in [2.24, 2.45) is 0 Å². The standard InChI is InChI=1S/C22H23N5O5S/c1-23-20(30)24-14-2-3-15-13(10-14)4-6-22(15)19(29)27(21(31)25-22)12-18(28)26-7-8-32-16-5-9-33-17(16)11-26/h2-3,5,9-10H,4,6-8,11-12H2,1H3,(H,25,31)(H2,23,24,30)/t22-/m1/s1. The third-order valence-electron chi connectivity index (χ3n) is 6.30. The Labute approximate surface area is 193 Å². The molecule has 3 aliphatic rings. The van der Waals surface area contributed by atoms with Crippen LogP contribution < -0.4 is 20.7 Å². The van der Waals surface area contributed by atoms with Crippen molar-refractivity contribution < 1.29 is 23.9 Å². The van der Waals surface area contributed by atoms with Gasteiger partial charge < -0.3 is 25.6 Å². The zero-order chi connectivity index (χ0) is 23.2. The number of thiophene rings is 1. The molecule has 0 radical (unpaired) electrons. The van der Waals surface area contributed by atoms with Crippen molar-refractivity contribution in [2.45, 2.75) is 24.9 Å². The second-order valence-electron chi connectivity index (χ2n) is 8.17. The van der Waals surface area contributed by atoms with Crippen LogP contribution in [0.25, 0.3) is 0 Å². The maximum absolute atomic E-state index is 13.4. The van der Waals surface area contributed by atoms with Crippen molar-refractivity contribution in [3.8, 4) is 5.75 Å². The molecule has 11 heteroatoms. The Morgan fingerprint density at radius 3 is 2.94 bits per heavy atom. The minimum absolute atomic E-state index is 0.302. The van der Waals surface area contributed by atoms with Crippen LogP contribution in [-0.4, -0.2) is 60.4 Å². The molecule has 1 saturated heterocycles. The minimum atomic E-state index is -1.18. The summed E-state index contributed by atoms with van der Waals surface area (Å²) in [6, 6.07) is 6.22. The molecule has 1 aliphatic carbocycles. The van der Waals surface area contributed by atoms with E-state index in [4.69, 9.17) is 4.74 Å². The number of hydrogen-bond acceptors (Lipinski definition) is 6. The zero-order valence-corrected chi connectivity index (χ0v) is 18.8. The maximum atomic E-state index is 13.4. The number of urea groups is 2. The molecule has 1 atom stereocenters. The number of carbonyl (C=O) groups excluding carboxylic acids is 4. The van der Waals surface area contributed by atoms with Gasteiger partial charge in [0.05, 0.1) is 18.0 Å². The Hall–Kier alpha value is -3.60. The third kappa shape index (κ3) is 3.58. The summed E-state index contributed by atoms with van der Waals surface area (Å²) in [6.45, 7) is 0.821. The first-order valence-electron chi connectivity index (χ1n) is 10.6. The molecule has 5 rings (SSSR count). The molecule has 1 spiro atoms. The molecule has 33 heavy (non-hydrogen) atoms. The number of ether oxygens (including phenoxy) is 1. The van der Waals surface area contributed by atoms with E-state index in [1.54, 1.807) is 17.0 Å². The van der Waals surface area contributed by atoms with Gasteiger partial charge in [0, 0.05) is 12.7 Å². The topological polar surface area (TPSA) is 120 Å². The summed E-state index contributed by atoms with van der Waals surface area (Å²) in [5, 5.41) is 9.94. The molecule has 1 aromatic heterocycles. The first-order valence-corrected chi connectivity index (χ1v) is 11.5. The predicted octanol–water partition coefficient (Wildman–Crippen LogP) is 1.61. The number of fused-ring (bicyclic) bond motifs is 3. The summed E-state index contributed by atoms with van der Waals surface area (Å²) in [4.78, 5) is 54.4. The number of benzene rings is 1. The van der Waals surface area contributed by atoms with Gasteiger partial charge in [0.1, 0.15) is 24.4 Å². The van der Waals surface area contributed by atoms with Crippen molar-refractivity contribution in [2.75, 3.05) is 32.1 Å². The van der Waals surface area contributed by atoms with Gasteiger partial charge >= 0.3 is 12.1 Å². The fraction of sp³-hybridized carbons (Fsp3) is 0.364. The third-order valence-corrected chi connectivity index (χ3v) is 7.19. The van der Waals surface area contributed by atoms with E-state index in [-0.39, 0.29) is 18.5 Å². The van der Waals surface area contributed by atoms with Crippen LogP contribution in [0.2, 0.25) is 0 Å². The average Bonchev–Trinajstić information content (AvgIpc) is 3.41. The first-order chi connectivity index (χ1) is 15.9. The molecule has 172 valence electrons. The number of nitrogens with one attached hydrogen (secondary N) is 3. The van der Waals surface area contributed by atoms with E-state index < -0.39 is 17.5 Å². The largest absolute Gasteiger partial charge is 0.491 e. The summed E-state index contributed by atoms with van der Waals surface area (Å²) in [7, 11) is 1.53. The van der Waals surface area contributed by atoms with E-state index in [1.807, 2.05) is 17.5 Å². The number of nitrogens with zero attached hydrogens (tertiary/aromatic N) is 2. The van der Waals surface area contributed by atoms with Gasteiger partial charge in [-0.15, -0.1) is 11.3 Å². The highest BCUT2D eigenvalue weighted by atomic mass is 32.1. The number of imide groups is 1. The summed E-state index contributed by atoms with van der Waals surface area (Å²) >= 11 is 1.51. The SMILES string of the molecule is CNC(=O)Nc1ccc2c(c1)CC[C@@]21NC(=O)N(CC(=O)N2CCOc3ccsc3C2)C1=O. The van der Waals surface area contributed by atoms with Gasteiger partial charge in [-0.05, 0) is 47.5 Å². The first kappa shape index (κ1) is 21.3. The van der Waals surface area contributed by atoms with Crippen LogP contribution in [-0.2, 0) is 28.1 Å². The lowest BCUT2D eigenvalue weighted by molar-refractivity contribution is -0.139. The normalized spacial score (nSPS) is 21.2. The molecule has 6 amide bonds. The molecule has 2 aliphatic heterocycles. The predicted molar refractivity (Wildman–Crippen MR) is 120 cm³/mol. The molecule has 3 heterocycles. The lowest BCUT2D eigenvalue weighted by Crippen LogP contribution is -2.45. The highest BCUT2D eigenvalue weighted by Crippen LogP contribution is 2.42. The molecule has 3 N–H and O–H groups in total. The highest BCUT2D eigenvalue weighted by Gasteiger charge is 2.55. The molecule has 0 saturated carbocycles. The van der Waals surface area contributed by atoms with Crippen LogP contribution in [0.1, 0.15) is 22.4 Å². The molecule has 1 fully saturated rings. The van der Waals surface area contributed by atoms with Crippen molar-refractivity contribution in [3.63, 3.8) is 0 Å². The fourth-order valence-electron chi connectivity index (χ4n) is 4.61. The Morgan fingerprint density at radius 1 is 1.27 bits per heavy atom. The van der Waals surface area contributed by atoms with Gasteiger partial charge in [0.25, 0.3) is 5.91 Å². The molecular formula is C22H23N5O5S. The van der Waals surface area contributed by atoms with Crippen molar-refractivity contribution >= 4 is 40.9 Å². The number of rotatable bonds is 3. The maximum Gasteiger partial charge on any atom is 0.325 e. The van der Waals surface area contributed by atoms with Crippen molar-refractivity contribution in [1.82, 2.24) is 20.4 Å². The van der Waals surface area contributed by atoms with E-state index in [0.29, 0.717) is 43.8 Å². The number of amides is 6. The van der Waals surface area contributed by atoms with Crippen LogP contribution in [0.4, 0.5) is 15.3 Å². The van der Waals surface area contributed by atoms with E-state index in [1.165, 1.54) is 18.4 Å². The number of anilines is 1. The summed E-state index contributed by atoms with van der Waals surface area (Å²) < 4.78 is 5.66. The highest BCUT2D eigenvalue weighted by molar-refractivity contribution is 7.10. The average molecular weight is 470 g/mol. The van der Waals surface area contributed by atoms with E-state index in [9.17, 15) is 19.2 Å². The Balaban J connectivity index is 1.33. The van der Waals surface area contributed by atoms with Gasteiger partial charge in [-0.2, -0.15) is 0 Å². The van der Waals surface area contributed by atoms with Crippen molar-refractivity contribution in [3.05, 3.63) is 45.6 Å². The summed E-state index contributed by atoms with van der Waals surface area (Å²) in [5.74, 6) is 0.0512. The second kappa shape index (κ2) is 8.07. The number of carbonyl (C=O) groups is 4. The molecule has 1 aromatic carbocycles. The molecule has 0 bridgehead atoms. The second-order valence-corrected chi connectivity index (χ2v) is 9.18. The summed E-state index contributed by atoms with van der Waals surface area (Å²) in [5.41, 5.74) is 0.997. The Kier molecular flexibility index (Phi) is 5.20. The number of hydrogen-bond donors (Lipinski definition) is 3. The van der Waals surface area contributed by atoms with Gasteiger partial charge in [-0.1, -0.05) is 6.07 Å². The Morgan fingerprint density at radius 2 is 2.12 bits per heavy atom. The van der Waals surface area contributed by atoms with Crippen LogP contribution in [0.15, 0.2) is 29.6 Å². The smallest absolute Gasteiger partial charge is 0.325 e. The molecular weight excluding hydrogens is 446 g/mol.